The molecular formula is C14H22N2O2S. The molecular weight excluding hydrogens is 260 g/mol. The molecule has 0 aromatic heterocycles. The Morgan fingerprint density at radius 3 is 2.00 bits per heavy atom. The molecule has 0 bridgehead atoms. The molecule has 1 aliphatic heterocycles. The molecule has 0 amide bonds. The fourth-order valence-corrected chi connectivity index (χ4v) is 4.01. The molecule has 1 aliphatic rings. The van der Waals surface area contributed by atoms with E-state index in [0.717, 1.165) is 5.56 Å². The molecule has 2 unspecified atom stereocenters. The third-order valence-corrected chi connectivity index (χ3v) is 5.83. The minimum atomic E-state index is -3.36. The highest BCUT2D eigenvalue weighted by molar-refractivity contribution is 7.89. The lowest BCUT2D eigenvalue weighted by Crippen LogP contribution is -2.56. The second kappa shape index (κ2) is 5.23. The molecule has 2 rings (SSSR count). The summed E-state index contributed by atoms with van der Waals surface area (Å²) in [7, 11) is -1.31. The van der Waals surface area contributed by atoms with Crippen molar-refractivity contribution in [1.29, 1.82) is 0 Å². The van der Waals surface area contributed by atoms with Crippen LogP contribution >= 0.6 is 0 Å². The molecule has 106 valence electrons. The second-order valence-electron chi connectivity index (χ2n) is 5.50. The summed E-state index contributed by atoms with van der Waals surface area (Å²) in [5.74, 6) is 0. The molecule has 19 heavy (non-hydrogen) atoms. The van der Waals surface area contributed by atoms with Crippen molar-refractivity contribution in [3.8, 4) is 0 Å². The first kappa shape index (κ1) is 14.5. The van der Waals surface area contributed by atoms with Gasteiger partial charge in [0, 0.05) is 25.2 Å². The summed E-state index contributed by atoms with van der Waals surface area (Å²) in [6.45, 7) is 7.19. The Hall–Kier alpha value is -0.910. The van der Waals surface area contributed by atoms with Gasteiger partial charge in [-0.25, -0.2) is 8.42 Å². The molecule has 1 aromatic rings. The van der Waals surface area contributed by atoms with Crippen LogP contribution in [0.15, 0.2) is 29.2 Å². The normalized spacial score (nSPS) is 26.5. The number of hydrogen-bond acceptors (Lipinski definition) is 3. The molecule has 0 saturated carbocycles. The Kier molecular flexibility index (Phi) is 3.99. The van der Waals surface area contributed by atoms with Gasteiger partial charge in [0.1, 0.15) is 0 Å². The smallest absolute Gasteiger partial charge is 0.243 e. The molecule has 0 aliphatic carbocycles. The lowest BCUT2D eigenvalue weighted by molar-refractivity contribution is 0.105. The van der Waals surface area contributed by atoms with E-state index in [9.17, 15) is 8.42 Å². The number of aryl methyl sites for hydroxylation is 1. The average Bonchev–Trinajstić information content (AvgIpc) is 2.35. The first-order valence-electron chi connectivity index (χ1n) is 6.61. The highest BCUT2D eigenvalue weighted by Crippen LogP contribution is 2.22. The van der Waals surface area contributed by atoms with Gasteiger partial charge >= 0.3 is 0 Å². The molecule has 5 heteroatoms. The van der Waals surface area contributed by atoms with E-state index in [4.69, 9.17) is 0 Å². The van der Waals surface area contributed by atoms with Crippen LogP contribution in [0.4, 0.5) is 0 Å². The fraction of sp³-hybridized carbons (Fsp3) is 0.571. The summed E-state index contributed by atoms with van der Waals surface area (Å²) >= 11 is 0. The van der Waals surface area contributed by atoms with Crippen LogP contribution in [0.1, 0.15) is 19.4 Å². The molecule has 1 aromatic carbocycles. The lowest BCUT2D eigenvalue weighted by Gasteiger charge is -2.41. The molecule has 1 heterocycles. The number of hydrogen-bond donors (Lipinski definition) is 0. The quantitative estimate of drug-likeness (QED) is 0.829. The minimum absolute atomic E-state index is 0.240. The second-order valence-corrected chi connectivity index (χ2v) is 7.44. The van der Waals surface area contributed by atoms with Crippen molar-refractivity contribution < 1.29 is 8.42 Å². The molecule has 0 N–H and O–H groups in total. The number of nitrogens with zero attached hydrogens (tertiary/aromatic N) is 2. The first-order chi connectivity index (χ1) is 8.82. The van der Waals surface area contributed by atoms with Crippen LogP contribution in [0.2, 0.25) is 0 Å². The van der Waals surface area contributed by atoms with Crippen molar-refractivity contribution >= 4 is 10.0 Å². The van der Waals surface area contributed by atoms with Crippen molar-refractivity contribution in [2.45, 2.75) is 37.8 Å². The SMILES string of the molecule is Cc1ccc(S(=O)(=O)N2CC(C)N(C)C(C)C2)cc1. The number of benzene rings is 1. The van der Waals surface area contributed by atoms with Gasteiger partial charge < -0.3 is 0 Å². The van der Waals surface area contributed by atoms with Crippen LogP contribution in [0.25, 0.3) is 0 Å². The molecule has 0 spiro atoms. The molecule has 4 nitrogen and oxygen atoms in total. The summed E-state index contributed by atoms with van der Waals surface area (Å²) in [6, 6.07) is 7.55. The Bertz CT molecular complexity index is 527. The van der Waals surface area contributed by atoms with Crippen molar-refractivity contribution in [2.75, 3.05) is 20.1 Å². The van der Waals surface area contributed by atoms with E-state index in [0.29, 0.717) is 18.0 Å². The zero-order valence-corrected chi connectivity index (χ0v) is 12.8. The van der Waals surface area contributed by atoms with Crippen molar-refractivity contribution in [3.05, 3.63) is 29.8 Å². The van der Waals surface area contributed by atoms with Gasteiger partial charge in [0.2, 0.25) is 10.0 Å². The van der Waals surface area contributed by atoms with Gasteiger partial charge in [0.15, 0.2) is 0 Å². The minimum Gasteiger partial charge on any atom is -0.298 e. The molecule has 0 radical (unpaired) electrons. The maximum absolute atomic E-state index is 12.6. The Morgan fingerprint density at radius 2 is 1.53 bits per heavy atom. The van der Waals surface area contributed by atoms with Gasteiger partial charge in [-0.1, -0.05) is 17.7 Å². The first-order valence-corrected chi connectivity index (χ1v) is 8.05. The highest BCUT2D eigenvalue weighted by atomic mass is 32.2. The van der Waals surface area contributed by atoms with E-state index in [2.05, 4.69) is 18.7 Å². The average molecular weight is 282 g/mol. The lowest BCUT2D eigenvalue weighted by atomic mass is 10.1. The third-order valence-electron chi connectivity index (χ3n) is 3.98. The predicted octanol–water partition coefficient (Wildman–Crippen LogP) is 1.71. The van der Waals surface area contributed by atoms with Crippen LogP contribution in [-0.4, -0.2) is 49.8 Å². The highest BCUT2D eigenvalue weighted by Gasteiger charge is 2.34. The summed E-state index contributed by atoms with van der Waals surface area (Å²) in [6.07, 6.45) is 0. The number of sulfonamides is 1. The van der Waals surface area contributed by atoms with Gasteiger partial charge in [0.05, 0.1) is 4.90 Å². The number of likely N-dealkylation sites (N-methyl/N-ethyl adjacent to an activating group) is 1. The molecule has 1 fully saturated rings. The number of piperazine rings is 1. The van der Waals surface area contributed by atoms with Crippen LogP contribution in [0.5, 0.6) is 0 Å². The van der Waals surface area contributed by atoms with Crippen molar-refractivity contribution in [3.63, 3.8) is 0 Å². The monoisotopic (exact) mass is 282 g/mol. The summed E-state index contributed by atoms with van der Waals surface area (Å²) in [5.41, 5.74) is 1.07. The van der Waals surface area contributed by atoms with E-state index in [-0.39, 0.29) is 12.1 Å². The van der Waals surface area contributed by atoms with Crippen molar-refractivity contribution in [1.82, 2.24) is 9.21 Å². The summed E-state index contributed by atoms with van der Waals surface area (Å²) < 4.78 is 26.8. The van der Waals surface area contributed by atoms with Crippen LogP contribution in [0, 0.1) is 6.92 Å². The molecule has 1 saturated heterocycles. The zero-order chi connectivity index (χ0) is 14.2. The van der Waals surface area contributed by atoms with E-state index in [1.165, 1.54) is 0 Å². The molecule has 2 atom stereocenters. The number of rotatable bonds is 2. The fourth-order valence-electron chi connectivity index (χ4n) is 2.41. The Balaban J connectivity index is 2.27. The Labute approximate surface area is 116 Å². The van der Waals surface area contributed by atoms with Gasteiger partial charge in [-0.15, -0.1) is 0 Å². The standard InChI is InChI=1S/C14H22N2O2S/c1-11-5-7-14(8-6-11)19(17,18)16-9-12(2)15(4)13(3)10-16/h5-8,12-13H,9-10H2,1-4H3. The third kappa shape index (κ3) is 2.83. The zero-order valence-electron chi connectivity index (χ0n) is 12.0. The van der Waals surface area contributed by atoms with E-state index >= 15 is 0 Å². The van der Waals surface area contributed by atoms with Gasteiger partial charge in [-0.3, -0.25) is 4.90 Å². The van der Waals surface area contributed by atoms with E-state index < -0.39 is 10.0 Å². The maximum atomic E-state index is 12.6. The topological polar surface area (TPSA) is 40.6 Å². The predicted molar refractivity (Wildman–Crippen MR) is 76.6 cm³/mol. The Morgan fingerprint density at radius 1 is 1.05 bits per heavy atom. The van der Waals surface area contributed by atoms with Crippen LogP contribution in [0.3, 0.4) is 0 Å². The van der Waals surface area contributed by atoms with Crippen LogP contribution in [-0.2, 0) is 10.0 Å². The van der Waals surface area contributed by atoms with Gasteiger partial charge in [-0.05, 0) is 40.0 Å². The van der Waals surface area contributed by atoms with Crippen molar-refractivity contribution in [2.24, 2.45) is 0 Å². The summed E-state index contributed by atoms with van der Waals surface area (Å²) in [5, 5.41) is 0. The van der Waals surface area contributed by atoms with Gasteiger partial charge in [-0.2, -0.15) is 4.31 Å². The summed E-state index contributed by atoms with van der Waals surface area (Å²) in [4.78, 5) is 2.61. The van der Waals surface area contributed by atoms with Crippen LogP contribution < -0.4 is 0 Å². The largest absolute Gasteiger partial charge is 0.298 e. The van der Waals surface area contributed by atoms with E-state index in [1.54, 1.807) is 16.4 Å². The van der Waals surface area contributed by atoms with E-state index in [1.807, 2.05) is 26.1 Å². The maximum Gasteiger partial charge on any atom is 0.243 e. The van der Waals surface area contributed by atoms with Gasteiger partial charge in [0.25, 0.3) is 0 Å².